The second-order valence-corrected chi connectivity index (χ2v) is 5.96. The number of rotatable bonds is 4. The first-order valence-electron chi connectivity index (χ1n) is 8.12. The molecule has 2 saturated heterocycles. The molecule has 0 unspecified atom stereocenters. The summed E-state index contributed by atoms with van der Waals surface area (Å²) in [5, 5.41) is 0. The third-order valence-corrected chi connectivity index (χ3v) is 4.35. The fourth-order valence-electron chi connectivity index (χ4n) is 2.92. The van der Waals surface area contributed by atoms with Gasteiger partial charge in [-0.15, -0.1) is 0 Å². The van der Waals surface area contributed by atoms with E-state index in [0.717, 1.165) is 19.3 Å². The van der Waals surface area contributed by atoms with Gasteiger partial charge >= 0.3 is 0 Å². The number of hydrogen-bond donors (Lipinski definition) is 1. The standard InChI is InChI=1S/C16H22N2O5/c19-15(17-23-14-3-1-2-9-22-14)12-4-7-18(8-5-12)16(20)13-6-10-21-11-13/h6,10-12,14H,1-5,7-9H2,(H,17,19)/t14-/m1/s1. The first-order chi connectivity index (χ1) is 11.2. The van der Waals surface area contributed by atoms with E-state index in [4.69, 9.17) is 14.0 Å². The Balaban J connectivity index is 1.41. The van der Waals surface area contributed by atoms with Gasteiger partial charge in [0.15, 0.2) is 6.29 Å². The molecule has 1 aromatic rings. The van der Waals surface area contributed by atoms with E-state index >= 15 is 0 Å². The van der Waals surface area contributed by atoms with Crippen LogP contribution in [0.2, 0.25) is 0 Å². The van der Waals surface area contributed by atoms with Gasteiger partial charge in [0.2, 0.25) is 5.91 Å². The van der Waals surface area contributed by atoms with Gasteiger partial charge in [0.05, 0.1) is 11.8 Å². The fraction of sp³-hybridized carbons (Fsp3) is 0.625. The molecule has 7 nitrogen and oxygen atoms in total. The van der Waals surface area contributed by atoms with Crippen molar-refractivity contribution in [1.29, 1.82) is 0 Å². The zero-order valence-electron chi connectivity index (χ0n) is 13.0. The average molecular weight is 322 g/mol. The molecule has 2 aliphatic rings. The molecule has 1 aromatic heterocycles. The molecule has 23 heavy (non-hydrogen) atoms. The molecule has 2 fully saturated rings. The minimum Gasteiger partial charge on any atom is -0.472 e. The second kappa shape index (κ2) is 7.61. The number of ether oxygens (including phenoxy) is 1. The number of amides is 2. The molecule has 0 aromatic carbocycles. The van der Waals surface area contributed by atoms with Crippen LogP contribution < -0.4 is 5.48 Å². The predicted octanol–water partition coefficient (Wildman–Crippen LogP) is 1.71. The Morgan fingerprint density at radius 1 is 1.22 bits per heavy atom. The van der Waals surface area contributed by atoms with Crippen LogP contribution in [0.3, 0.4) is 0 Å². The van der Waals surface area contributed by atoms with Gasteiger partial charge in [-0.2, -0.15) is 0 Å². The van der Waals surface area contributed by atoms with Crippen molar-refractivity contribution in [3.05, 3.63) is 24.2 Å². The molecule has 7 heteroatoms. The van der Waals surface area contributed by atoms with Crippen molar-refractivity contribution in [2.75, 3.05) is 19.7 Å². The lowest BCUT2D eigenvalue weighted by molar-refractivity contribution is -0.202. The van der Waals surface area contributed by atoms with Crippen molar-refractivity contribution in [1.82, 2.24) is 10.4 Å². The van der Waals surface area contributed by atoms with Crippen molar-refractivity contribution >= 4 is 11.8 Å². The number of nitrogens with one attached hydrogen (secondary N) is 1. The molecule has 126 valence electrons. The summed E-state index contributed by atoms with van der Waals surface area (Å²) in [6, 6.07) is 1.65. The number of furan rings is 1. The molecular formula is C16H22N2O5. The maximum Gasteiger partial charge on any atom is 0.257 e. The summed E-state index contributed by atoms with van der Waals surface area (Å²) in [5.41, 5.74) is 3.06. The van der Waals surface area contributed by atoms with Crippen LogP contribution in [0, 0.1) is 5.92 Å². The summed E-state index contributed by atoms with van der Waals surface area (Å²) >= 11 is 0. The van der Waals surface area contributed by atoms with Gasteiger partial charge in [0.1, 0.15) is 6.26 Å². The zero-order chi connectivity index (χ0) is 16.1. The molecular weight excluding hydrogens is 300 g/mol. The molecule has 1 atom stereocenters. The summed E-state index contributed by atoms with van der Waals surface area (Å²) in [7, 11) is 0. The van der Waals surface area contributed by atoms with Crippen molar-refractivity contribution in [3.8, 4) is 0 Å². The molecule has 0 spiro atoms. The maximum absolute atomic E-state index is 12.2. The monoisotopic (exact) mass is 322 g/mol. The fourth-order valence-corrected chi connectivity index (χ4v) is 2.92. The van der Waals surface area contributed by atoms with Crippen LogP contribution in [0.25, 0.3) is 0 Å². The molecule has 0 aliphatic carbocycles. The van der Waals surface area contributed by atoms with Gasteiger partial charge in [0.25, 0.3) is 5.91 Å². The Kier molecular flexibility index (Phi) is 5.30. The number of hydrogen-bond acceptors (Lipinski definition) is 5. The lowest BCUT2D eigenvalue weighted by atomic mass is 9.96. The molecule has 0 radical (unpaired) electrons. The minimum atomic E-state index is -0.338. The van der Waals surface area contributed by atoms with Crippen LogP contribution in [-0.2, 0) is 14.4 Å². The molecule has 0 saturated carbocycles. The van der Waals surface area contributed by atoms with Crippen LogP contribution in [-0.4, -0.2) is 42.7 Å². The largest absolute Gasteiger partial charge is 0.472 e. The molecule has 1 N–H and O–H groups in total. The van der Waals surface area contributed by atoms with Gasteiger partial charge in [-0.3, -0.25) is 9.59 Å². The summed E-state index contributed by atoms with van der Waals surface area (Å²) < 4.78 is 10.3. The Labute approximate surface area is 134 Å². The van der Waals surface area contributed by atoms with Crippen molar-refractivity contribution in [3.63, 3.8) is 0 Å². The topological polar surface area (TPSA) is 81.0 Å². The number of carbonyl (C=O) groups excluding carboxylic acids is 2. The van der Waals surface area contributed by atoms with E-state index in [0.29, 0.717) is 38.1 Å². The van der Waals surface area contributed by atoms with Gasteiger partial charge in [-0.05, 0) is 31.7 Å². The summed E-state index contributed by atoms with van der Waals surface area (Å²) in [6.07, 6.45) is 6.74. The summed E-state index contributed by atoms with van der Waals surface area (Å²) in [5.74, 6) is -0.314. The first-order valence-corrected chi connectivity index (χ1v) is 8.12. The average Bonchev–Trinajstić information content (AvgIpc) is 3.15. The van der Waals surface area contributed by atoms with Crippen LogP contribution in [0.5, 0.6) is 0 Å². The van der Waals surface area contributed by atoms with E-state index in [1.165, 1.54) is 12.5 Å². The van der Waals surface area contributed by atoms with Gasteiger partial charge in [-0.1, -0.05) is 0 Å². The number of piperidine rings is 1. The van der Waals surface area contributed by atoms with Gasteiger partial charge in [0, 0.05) is 32.0 Å². The van der Waals surface area contributed by atoms with E-state index in [-0.39, 0.29) is 24.0 Å². The lowest BCUT2D eigenvalue weighted by Gasteiger charge is -2.31. The molecule has 3 rings (SSSR count). The SMILES string of the molecule is O=C(NO[C@@H]1CCCCO1)C1CCN(C(=O)c2ccoc2)CC1. The van der Waals surface area contributed by atoms with Gasteiger partial charge < -0.3 is 14.1 Å². The summed E-state index contributed by atoms with van der Waals surface area (Å²) in [6.45, 7) is 1.79. The zero-order valence-corrected chi connectivity index (χ0v) is 13.0. The predicted molar refractivity (Wildman–Crippen MR) is 80.2 cm³/mol. The number of hydroxylamine groups is 1. The van der Waals surface area contributed by atoms with E-state index in [2.05, 4.69) is 5.48 Å². The highest BCUT2D eigenvalue weighted by molar-refractivity contribution is 5.94. The first kappa shape index (κ1) is 16.0. The minimum absolute atomic E-state index is 0.0514. The Morgan fingerprint density at radius 2 is 2.04 bits per heavy atom. The molecule has 2 aliphatic heterocycles. The van der Waals surface area contributed by atoms with Crippen LogP contribution in [0.15, 0.2) is 23.0 Å². The quantitative estimate of drug-likeness (QED) is 0.854. The normalized spacial score (nSPS) is 22.8. The van der Waals surface area contributed by atoms with Crippen LogP contribution in [0.4, 0.5) is 0 Å². The highest BCUT2D eigenvalue weighted by Crippen LogP contribution is 2.20. The molecule has 0 bridgehead atoms. The van der Waals surface area contributed by atoms with E-state index in [1.807, 2.05) is 0 Å². The Morgan fingerprint density at radius 3 is 2.70 bits per heavy atom. The third-order valence-electron chi connectivity index (χ3n) is 4.35. The third kappa shape index (κ3) is 4.11. The Hall–Kier alpha value is -1.86. The van der Waals surface area contributed by atoms with Gasteiger partial charge in [-0.25, -0.2) is 10.3 Å². The van der Waals surface area contributed by atoms with Crippen LogP contribution in [0.1, 0.15) is 42.5 Å². The van der Waals surface area contributed by atoms with E-state index in [1.54, 1.807) is 11.0 Å². The highest BCUT2D eigenvalue weighted by Gasteiger charge is 2.29. The lowest BCUT2D eigenvalue weighted by Crippen LogP contribution is -2.44. The number of likely N-dealkylation sites (tertiary alicyclic amines) is 1. The number of carbonyl (C=O) groups is 2. The van der Waals surface area contributed by atoms with E-state index < -0.39 is 0 Å². The highest BCUT2D eigenvalue weighted by atomic mass is 16.8. The Bertz CT molecular complexity index is 517. The van der Waals surface area contributed by atoms with Crippen LogP contribution >= 0.6 is 0 Å². The summed E-state index contributed by atoms with van der Waals surface area (Å²) in [4.78, 5) is 31.4. The maximum atomic E-state index is 12.2. The van der Waals surface area contributed by atoms with Crippen molar-refractivity contribution < 1.29 is 23.6 Å². The van der Waals surface area contributed by atoms with Crippen molar-refractivity contribution in [2.24, 2.45) is 5.92 Å². The second-order valence-electron chi connectivity index (χ2n) is 5.96. The van der Waals surface area contributed by atoms with E-state index in [9.17, 15) is 9.59 Å². The molecule has 2 amide bonds. The van der Waals surface area contributed by atoms with Crippen molar-refractivity contribution in [2.45, 2.75) is 38.4 Å². The number of nitrogens with zero attached hydrogens (tertiary/aromatic N) is 1. The molecule has 3 heterocycles. The smallest absolute Gasteiger partial charge is 0.257 e.